The van der Waals surface area contributed by atoms with E-state index in [4.69, 9.17) is 14.2 Å². The van der Waals surface area contributed by atoms with Crippen LogP contribution in [0, 0.1) is 0 Å². The summed E-state index contributed by atoms with van der Waals surface area (Å²) in [4.78, 5) is 0.299. The first-order valence-corrected chi connectivity index (χ1v) is 9.29. The Morgan fingerprint density at radius 3 is 2.57 bits per heavy atom. The van der Waals surface area contributed by atoms with Gasteiger partial charge < -0.3 is 14.2 Å². The number of hydrogen-bond donors (Lipinski definition) is 0. The number of hydrogen-bond acceptors (Lipinski definition) is 3. The van der Waals surface area contributed by atoms with Crippen LogP contribution in [-0.2, 0) is 4.74 Å². The van der Waals surface area contributed by atoms with Gasteiger partial charge in [0, 0.05) is 15.9 Å². The molecule has 0 radical (unpaired) electrons. The molecule has 1 saturated heterocycles. The van der Waals surface area contributed by atoms with Gasteiger partial charge in [-0.3, -0.25) is 0 Å². The lowest BCUT2D eigenvalue weighted by Gasteiger charge is -2.24. The average Bonchev–Trinajstić information content (AvgIpc) is 2.53. The van der Waals surface area contributed by atoms with E-state index < -0.39 is 0 Å². The number of fused-ring (bicyclic) bond motifs is 1. The van der Waals surface area contributed by atoms with Crippen LogP contribution in [-0.4, -0.2) is 25.9 Å². The molecule has 1 aromatic rings. The number of halogens is 2. The first kappa shape index (κ1) is 15.6. The number of rotatable bonds is 4. The van der Waals surface area contributed by atoms with Gasteiger partial charge >= 0.3 is 0 Å². The molecule has 0 spiro atoms. The highest BCUT2D eigenvalue weighted by Crippen LogP contribution is 2.41. The molecular weight excluding hydrogens is 400 g/mol. The predicted octanol–water partition coefficient (Wildman–Crippen LogP) is 5.01. The predicted molar refractivity (Wildman–Crippen MR) is 89.6 cm³/mol. The third-order valence-corrected chi connectivity index (χ3v) is 5.65. The Bertz CT molecular complexity index is 487. The summed E-state index contributed by atoms with van der Waals surface area (Å²) in [5.74, 6) is 1.67. The zero-order valence-corrected chi connectivity index (χ0v) is 15.1. The Balaban J connectivity index is 1.64. The quantitative estimate of drug-likeness (QED) is 0.642. The van der Waals surface area contributed by atoms with E-state index in [9.17, 15) is 0 Å². The van der Waals surface area contributed by atoms with Crippen molar-refractivity contribution in [3.8, 4) is 11.5 Å². The fraction of sp³-hybridized carbons (Fsp3) is 0.625. The fourth-order valence-corrected chi connectivity index (χ4v) is 4.39. The van der Waals surface area contributed by atoms with Gasteiger partial charge in [0.05, 0.1) is 6.10 Å². The van der Waals surface area contributed by atoms with E-state index in [0.717, 1.165) is 35.4 Å². The average molecular weight is 420 g/mol. The second-order valence-electron chi connectivity index (χ2n) is 5.55. The van der Waals surface area contributed by atoms with Crippen LogP contribution in [0.5, 0.6) is 11.5 Å². The number of ether oxygens (including phenoxy) is 3. The van der Waals surface area contributed by atoms with Crippen molar-refractivity contribution in [2.24, 2.45) is 0 Å². The maximum Gasteiger partial charge on any atom is 0.162 e. The van der Waals surface area contributed by atoms with Crippen LogP contribution in [0.2, 0.25) is 0 Å². The smallest absolute Gasteiger partial charge is 0.162 e. The maximum absolute atomic E-state index is 5.81. The lowest BCUT2D eigenvalue weighted by molar-refractivity contribution is 0.0101. The second kappa shape index (κ2) is 7.34. The fourth-order valence-electron chi connectivity index (χ4n) is 2.84. The molecule has 21 heavy (non-hydrogen) atoms. The summed E-state index contributed by atoms with van der Waals surface area (Å²) in [6.45, 7) is 2.16. The van der Waals surface area contributed by atoms with Crippen LogP contribution in [0.1, 0.15) is 42.5 Å². The van der Waals surface area contributed by atoms with Crippen molar-refractivity contribution in [2.75, 3.05) is 19.8 Å². The van der Waals surface area contributed by atoms with E-state index in [2.05, 4.69) is 37.9 Å². The molecule has 3 nitrogen and oxygen atoms in total. The van der Waals surface area contributed by atoms with Gasteiger partial charge in [0.2, 0.25) is 0 Å². The van der Waals surface area contributed by atoms with Gasteiger partial charge in [0.15, 0.2) is 11.5 Å². The first-order chi connectivity index (χ1) is 10.2. The minimum absolute atomic E-state index is 0.299. The molecule has 0 N–H and O–H groups in total. The molecular formula is C16H20Br2O3. The molecule has 0 aromatic heterocycles. The molecule has 2 atom stereocenters. The normalized spacial score (nSPS) is 22.9. The van der Waals surface area contributed by atoms with Gasteiger partial charge in [-0.05, 0) is 49.8 Å². The Hall–Kier alpha value is -0.260. The number of alkyl halides is 1. The molecule has 0 amide bonds. The highest BCUT2D eigenvalue weighted by molar-refractivity contribution is 9.11. The van der Waals surface area contributed by atoms with Gasteiger partial charge in [0.1, 0.15) is 13.2 Å². The molecule has 2 unspecified atom stereocenters. The molecule has 0 bridgehead atoms. The standard InChI is InChI=1S/C16H20Br2O3/c17-13(5-4-11-3-1-2-6-19-11)12-9-15-16(10-14(12)18)21-8-7-20-15/h9-11,13H,1-8H2. The van der Waals surface area contributed by atoms with Crippen LogP contribution < -0.4 is 9.47 Å². The summed E-state index contributed by atoms with van der Waals surface area (Å²) in [5.41, 5.74) is 1.22. The third-order valence-electron chi connectivity index (χ3n) is 4.02. The zero-order chi connectivity index (χ0) is 14.7. The van der Waals surface area contributed by atoms with E-state index in [1.54, 1.807) is 0 Å². The first-order valence-electron chi connectivity index (χ1n) is 7.59. The largest absolute Gasteiger partial charge is 0.486 e. The van der Waals surface area contributed by atoms with Crippen LogP contribution in [0.4, 0.5) is 0 Å². The van der Waals surface area contributed by atoms with Crippen molar-refractivity contribution in [3.05, 3.63) is 22.2 Å². The van der Waals surface area contributed by atoms with Crippen LogP contribution in [0.25, 0.3) is 0 Å². The van der Waals surface area contributed by atoms with Crippen molar-refractivity contribution in [1.29, 1.82) is 0 Å². The van der Waals surface area contributed by atoms with E-state index in [1.165, 1.54) is 24.8 Å². The summed E-state index contributed by atoms with van der Waals surface area (Å²) in [6, 6.07) is 4.09. The Morgan fingerprint density at radius 2 is 1.86 bits per heavy atom. The van der Waals surface area contributed by atoms with E-state index >= 15 is 0 Å². The molecule has 2 aliphatic rings. The van der Waals surface area contributed by atoms with Gasteiger partial charge in [-0.1, -0.05) is 31.9 Å². The highest BCUT2D eigenvalue weighted by Gasteiger charge is 2.21. The summed E-state index contributed by atoms with van der Waals surface area (Å²) in [7, 11) is 0. The molecule has 0 aliphatic carbocycles. The minimum atomic E-state index is 0.299. The molecule has 2 aliphatic heterocycles. The lowest BCUT2D eigenvalue weighted by atomic mass is 10.0. The van der Waals surface area contributed by atoms with Crippen molar-refractivity contribution in [3.63, 3.8) is 0 Å². The Kier molecular flexibility index (Phi) is 5.46. The van der Waals surface area contributed by atoms with Crippen molar-refractivity contribution < 1.29 is 14.2 Å². The molecule has 1 fully saturated rings. The Labute approximate surface area is 142 Å². The summed E-state index contributed by atoms with van der Waals surface area (Å²) < 4.78 is 18.2. The zero-order valence-electron chi connectivity index (χ0n) is 11.9. The van der Waals surface area contributed by atoms with Gasteiger partial charge in [-0.2, -0.15) is 0 Å². The molecule has 5 heteroatoms. The lowest BCUT2D eigenvalue weighted by Crippen LogP contribution is -2.19. The SMILES string of the molecule is Brc1cc2c(cc1C(Br)CCC1CCCCO1)OCCO2. The Morgan fingerprint density at radius 1 is 1.10 bits per heavy atom. The highest BCUT2D eigenvalue weighted by atomic mass is 79.9. The van der Waals surface area contributed by atoms with Crippen LogP contribution in [0.3, 0.4) is 0 Å². The molecule has 2 heterocycles. The van der Waals surface area contributed by atoms with E-state index in [-0.39, 0.29) is 0 Å². The van der Waals surface area contributed by atoms with E-state index in [0.29, 0.717) is 24.1 Å². The summed E-state index contributed by atoms with van der Waals surface area (Å²) >= 11 is 7.45. The summed E-state index contributed by atoms with van der Waals surface area (Å²) in [6.07, 6.45) is 6.28. The van der Waals surface area contributed by atoms with Gasteiger partial charge in [-0.25, -0.2) is 0 Å². The van der Waals surface area contributed by atoms with E-state index in [1.807, 2.05) is 6.07 Å². The molecule has 0 saturated carbocycles. The van der Waals surface area contributed by atoms with Gasteiger partial charge in [0.25, 0.3) is 0 Å². The topological polar surface area (TPSA) is 27.7 Å². The molecule has 116 valence electrons. The molecule has 1 aromatic carbocycles. The van der Waals surface area contributed by atoms with Crippen molar-refractivity contribution >= 4 is 31.9 Å². The van der Waals surface area contributed by atoms with Crippen LogP contribution in [0.15, 0.2) is 16.6 Å². The summed E-state index contributed by atoms with van der Waals surface area (Å²) in [5, 5.41) is 0. The van der Waals surface area contributed by atoms with Crippen LogP contribution >= 0.6 is 31.9 Å². The van der Waals surface area contributed by atoms with Crippen molar-refractivity contribution in [2.45, 2.75) is 43.0 Å². The molecule has 3 rings (SSSR count). The minimum Gasteiger partial charge on any atom is -0.486 e. The monoisotopic (exact) mass is 418 g/mol. The number of benzene rings is 1. The maximum atomic E-state index is 5.81. The third kappa shape index (κ3) is 3.93. The van der Waals surface area contributed by atoms with Crippen molar-refractivity contribution in [1.82, 2.24) is 0 Å². The second-order valence-corrected chi connectivity index (χ2v) is 7.51. The van der Waals surface area contributed by atoms with Gasteiger partial charge in [-0.15, -0.1) is 0 Å².